The molecule has 7 nitrogen and oxygen atoms in total. The normalized spacial score (nSPS) is 12.5. The van der Waals surface area contributed by atoms with Crippen molar-refractivity contribution in [3.05, 3.63) is 36.5 Å². The lowest BCUT2D eigenvalue weighted by Crippen LogP contribution is -2.40. The monoisotopic (exact) mass is 434 g/mol. The highest BCUT2D eigenvalue weighted by Crippen LogP contribution is 2.05. The third-order valence-electron chi connectivity index (χ3n) is 4.62. The number of carbonyl (C=O) groups excluding carboxylic acids is 1. The molecule has 6 N–H and O–H groups in total. The van der Waals surface area contributed by atoms with E-state index in [9.17, 15) is 14.7 Å². The quantitative estimate of drug-likeness (QED) is 0.105. The van der Waals surface area contributed by atoms with Crippen molar-refractivity contribution < 1.29 is 14.7 Å². The predicted octanol–water partition coefficient (Wildman–Crippen LogP) is 4.20. The number of aliphatic imine (C=N–C) groups is 1. The van der Waals surface area contributed by atoms with Crippen LogP contribution in [0.3, 0.4) is 0 Å². The van der Waals surface area contributed by atoms with Gasteiger partial charge in [0.25, 0.3) is 0 Å². The van der Waals surface area contributed by atoms with Gasteiger partial charge in [0.1, 0.15) is 6.04 Å². The number of aliphatic carboxylic acids is 1. The Bertz CT molecular complexity index is 594. The van der Waals surface area contributed by atoms with Crippen molar-refractivity contribution >= 4 is 17.8 Å². The van der Waals surface area contributed by atoms with Crippen LogP contribution in [0.5, 0.6) is 0 Å². The molecular formula is C24H42N4O3. The van der Waals surface area contributed by atoms with Crippen molar-refractivity contribution in [2.45, 2.75) is 90.0 Å². The van der Waals surface area contributed by atoms with E-state index in [1.54, 1.807) is 0 Å². The fourth-order valence-corrected chi connectivity index (χ4v) is 2.87. The van der Waals surface area contributed by atoms with Crippen molar-refractivity contribution in [3.8, 4) is 0 Å². The number of nitrogens with two attached hydrogens (primary N) is 2. The molecule has 7 heteroatoms. The van der Waals surface area contributed by atoms with E-state index in [-0.39, 0.29) is 11.9 Å². The summed E-state index contributed by atoms with van der Waals surface area (Å²) in [5, 5.41) is 11.8. The van der Waals surface area contributed by atoms with Crippen LogP contribution in [0.2, 0.25) is 0 Å². The Kier molecular flexibility index (Phi) is 19.0. The van der Waals surface area contributed by atoms with Crippen LogP contribution in [0.1, 0.15) is 84.0 Å². The maximum Gasteiger partial charge on any atom is 0.326 e. The number of carboxylic acids is 1. The average Bonchev–Trinajstić information content (AvgIpc) is 2.72. The molecule has 0 saturated carbocycles. The third-order valence-corrected chi connectivity index (χ3v) is 4.62. The van der Waals surface area contributed by atoms with Crippen molar-refractivity contribution in [2.75, 3.05) is 6.54 Å². The number of carbonyl (C=O) groups is 2. The summed E-state index contributed by atoms with van der Waals surface area (Å²) in [6, 6.07) is -0.903. The zero-order chi connectivity index (χ0) is 23.2. The second-order valence-corrected chi connectivity index (χ2v) is 7.53. The van der Waals surface area contributed by atoms with Gasteiger partial charge in [0, 0.05) is 13.0 Å². The number of hydrogen-bond acceptors (Lipinski definition) is 3. The third kappa shape index (κ3) is 20.5. The molecule has 0 aromatic rings. The van der Waals surface area contributed by atoms with Crippen LogP contribution in [0.25, 0.3) is 0 Å². The Labute approximate surface area is 187 Å². The molecule has 1 atom stereocenters. The standard InChI is InChI=1S/C24H42N4O3/c1-2-3-4-5-6-7-8-9-10-11-12-13-14-15-16-19-22(29)28-21(23(30)31)18-17-20-27-24(25)26/h6-7,9-10,12-13,21H,2-5,8,11,14-20H2,1H3,(H,28,29)(H,30,31)(H4,25,26,27)/b7-6-,10-9-,13-12-/t21-/m0/s1. The minimum atomic E-state index is -1.04. The second kappa shape index (κ2) is 20.7. The first-order valence-electron chi connectivity index (χ1n) is 11.5. The molecule has 0 heterocycles. The van der Waals surface area contributed by atoms with Gasteiger partial charge in [-0.25, -0.2) is 4.79 Å². The summed E-state index contributed by atoms with van der Waals surface area (Å²) in [5.41, 5.74) is 10.5. The molecule has 0 bridgehead atoms. The van der Waals surface area contributed by atoms with E-state index in [0.717, 1.165) is 32.1 Å². The number of guanidine groups is 1. The number of nitrogens with one attached hydrogen (secondary N) is 1. The van der Waals surface area contributed by atoms with E-state index in [4.69, 9.17) is 11.5 Å². The van der Waals surface area contributed by atoms with E-state index in [0.29, 0.717) is 25.8 Å². The fourth-order valence-electron chi connectivity index (χ4n) is 2.87. The number of rotatable bonds is 19. The van der Waals surface area contributed by atoms with Crippen molar-refractivity contribution in [3.63, 3.8) is 0 Å². The van der Waals surface area contributed by atoms with Crippen LogP contribution < -0.4 is 16.8 Å². The molecule has 0 unspecified atom stereocenters. The number of hydrogen-bond donors (Lipinski definition) is 4. The summed E-state index contributed by atoms with van der Waals surface area (Å²) in [4.78, 5) is 27.0. The minimum absolute atomic E-state index is 0.0219. The highest BCUT2D eigenvalue weighted by Gasteiger charge is 2.18. The number of carboxylic acid groups (broad SMARTS) is 1. The van der Waals surface area contributed by atoms with E-state index < -0.39 is 12.0 Å². The summed E-state index contributed by atoms with van der Waals surface area (Å²) in [7, 11) is 0. The molecule has 31 heavy (non-hydrogen) atoms. The molecule has 0 aliphatic rings. The Balaban J connectivity index is 3.79. The Morgan fingerprint density at radius 1 is 0.903 bits per heavy atom. The minimum Gasteiger partial charge on any atom is -0.480 e. The smallest absolute Gasteiger partial charge is 0.326 e. The largest absolute Gasteiger partial charge is 0.480 e. The van der Waals surface area contributed by atoms with Crippen LogP contribution in [-0.4, -0.2) is 35.5 Å². The molecule has 0 fully saturated rings. The van der Waals surface area contributed by atoms with E-state index >= 15 is 0 Å². The van der Waals surface area contributed by atoms with Gasteiger partial charge in [0.05, 0.1) is 0 Å². The summed E-state index contributed by atoms with van der Waals surface area (Å²) < 4.78 is 0. The number of nitrogens with zero attached hydrogens (tertiary/aromatic N) is 1. The molecule has 176 valence electrons. The lowest BCUT2D eigenvalue weighted by Gasteiger charge is -2.13. The molecule has 1 amide bonds. The first-order valence-corrected chi connectivity index (χ1v) is 11.5. The van der Waals surface area contributed by atoms with Gasteiger partial charge in [-0.3, -0.25) is 9.79 Å². The summed E-state index contributed by atoms with van der Waals surface area (Å²) in [5.74, 6) is -1.30. The van der Waals surface area contributed by atoms with Crippen LogP contribution in [-0.2, 0) is 9.59 Å². The summed E-state index contributed by atoms with van der Waals surface area (Å²) >= 11 is 0. The van der Waals surface area contributed by atoms with Crippen LogP contribution in [0, 0.1) is 0 Å². The number of unbranched alkanes of at least 4 members (excludes halogenated alkanes) is 5. The SMILES string of the molecule is CCCCC/C=C\C/C=C\C/C=C\CCCCC(=O)N[C@@H](CCCN=C(N)N)C(=O)O. The first-order chi connectivity index (χ1) is 15.0. The average molecular weight is 435 g/mol. The predicted molar refractivity (Wildman–Crippen MR) is 129 cm³/mol. The Morgan fingerprint density at radius 2 is 1.48 bits per heavy atom. The van der Waals surface area contributed by atoms with E-state index in [1.807, 2.05) is 0 Å². The molecule has 0 spiro atoms. The van der Waals surface area contributed by atoms with Crippen molar-refractivity contribution in [2.24, 2.45) is 16.5 Å². The van der Waals surface area contributed by atoms with Crippen molar-refractivity contribution in [1.29, 1.82) is 0 Å². The van der Waals surface area contributed by atoms with Gasteiger partial charge < -0.3 is 21.9 Å². The molecule has 0 rings (SSSR count). The van der Waals surface area contributed by atoms with Gasteiger partial charge in [-0.2, -0.15) is 0 Å². The summed E-state index contributed by atoms with van der Waals surface area (Å²) in [6.45, 7) is 2.56. The van der Waals surface area contributed by atoms with Gasteiger partial charge in [-0.05, 0) is 57.8 Å². The second-order valence-electron chi connectivity index (χ2n) is 7.53. The maximum atomic E-state index is 12.0. The van der Waals surface area contributed by atoms with Gasteiger partial charge >= 0.3 is 5.97 Å². The number of amides is 1. The highest BCUT2D eigenvalue weighted by molar-refractivity contribution is 5.83. The molecule has 0 radical (unpaired) electrons. The van der Waals surface area contributed by atoms with Crippen LogP contribution in [0.15, 0.2) is 41.4 Å². The molecule has 0 aliphatic carbocycles. The molecular weight excluding hydrogens is 392 g/mol. The number of allylic oxidation sites excluding steroid dienone is 6. The van der Waals surface area contributed by atoms with E-state index in [1.165, 1.54) is 25.7 Å². The Hall–Kier alpha value is -2.57. The maximum absolute atomic E-state index is 12.0. The van der Waals surface area contributed by atoms with Gasteiger partial charge in [-0.15, -0.1) is 0 Å². The molecule has 0 aromatic heterocycles. The topological polar surface area (TPSA) is 131 Å². The lowest BCUT2D eigenvalue weighted by atomic mass is 10.1. The zero-order valence-corrected chi connectivity index (χ0v) is 19.1. The van der Waals surface area contributed by atoms with Gasteiger partial charge in [-0.1, -0.05) is 56.2 Å². The first kappa shape index (κ1) is 28.4. The fraction of sp³-hybridized carbons (Fsp3) is 0.625. The van der Waals surface area contributed by atoms with E-state index in [2.05, 4.69) is 53.7 Å². The van der Waals surface area contributed by atoms with Crippen molar-refractivity contribution in [1.82, 2.24) is 5.32 Å². The van der Waals surface area contributed by atoms with Gasteiger partial charge in [0.2, 0.25) is 5.91 Å². The lowest BCUT2D eigenvalue weighted by molar-refractivity contribution is -0.142. The van der Waals surface area contributed by atoms with Gasteiger partial charge in [0.15, 0.2) is 5.96 Å². The highest BCUT2D eigenvalue weighted by atomic mass is 16.4. The van der Waals surface area contributed by atoms with Crippen LogP contribution >= 0.6 is 0 Å². The Morgan fingerprint density at radius 3 is 2.03 bits per heavy atom. The zero-order valence-electron chi connectivity index (χ0n) is 19.1. The summed E-state index contributed by atoms with van der Waals surface area (Å²) in [6.07, 6.45) is 23.7. The van der Waals surface area contributed by atoms with Crippen LogP contribution in [0.4, 0.5) is 0 Å². The molecule has 0 saturated heterocycles. The molecule has 0 aliphatic heterocycles. The molecule has 0 aromatic carbocycles.